The summed E-state index contributed by atoms with van der Waals surface area (Å²) in [5.41, 5.74) is -1.31. The molecule has 3 heterocycles. The average Bonchev–Trinajstić information content (AvgIpc) is 3.46. The second kappa shape index (κ2) is 6.96. The van der Waals surface area contributed by atoms with E-state index in [9.17, 15) is 14.4 Å². The van der Waals surface area contributed by atoms with Gasteiger partial charge in [0.05, 0.1) is 31.5 Å². The Morgan fingerprint density at radius 2 is 1.91 bits per heavy atom. The maximum atomic E-state index is 13.2. The maximum absolute atomic E-state index is 13.2. The third-order valence-electron chi connectivity index (χ3n) is 9.19. The third-order valence-corrected chi connectivity index (χ3v) is 9.19. The Bertz CT molecular complexity index is 1170. The van der Waals surface area contributed by atoms with Gasteiger partial charge in [0, 0.05) is 34.0 Å². The van der Waals surface area contributed by atoms with Gasteiger partial charge in [-0.2, -0.15) is 0 Å². The van der Waals surface area contributed by atoms with Gasteiger partial charge in [-0.15, -0.1) is 0 Å². The molecule has 0 amide bonds. The van der Waals surface area contributed by atoms with Crippen LogP contribution in [-0.4, -0.2) is 24.8 Å². The van der Waals surface area contributed by atoms with Gasteiger partial charge in [-0.05, 0) is 30.4 Å². The minimum atomic E-state index is -0.855. The number of ketones is 1. The number of ether oxygens (including phenoxy) is 3. The van der Waals surface area contributed by atoms with E-state index in [1.165, 1.54) is 7.11 Å². The number of cyclic esters (lactones) is 1. The Balaban J connectivity index is 1.74. The summed E-state index contributed by atoms with van der Waals surface area (Å²) in [4.78, 5) is 38.6. The highest BCUT2D eigenvalue weighted by atomic mass is 16.5. The number of allylic oxidation sites excluding steroid dienone is 3. The molecule has 1 aromatic heterocycles. The van der Waals surface area contributed by atoms with Gasteiger partial charge in [-0.25, -0.2) is 4.79 Å². The lowest BCUT2D eigenvalue weighted by atomic mass is 9.46. The maximum Gasteiger partial charge on any atom is 0.331 e. The molecular weight excluding hydrogens is 436 g/mol. The van der Waals surface area contributed by atoms with Crippen molar-refractivity contribution in [2.24, 2.45) is 27.6 Å². The Labute approximate surface area is 198 Å². The lowest BCUT2D eigenvalue weighted by molar-refractivity contribution is -0.153. The fourth-order valence-electron chi connectivity index (χ4n) is 7.23. The summed E-state index contributed by atoms with van der Waals surface area (Å²) < 4.78 is 22.4. The summed E-state index contributed by atoms with van der Waals surface area (Å²) in [6.07, 6.45) is 7.15. The molecule has 0 aromatic carbocycles. The lowest BCUT2D eigenvalue weighted by Gasteiger charge is -2.53. The predicted molar refractivity (Wildman–Crippen MR) is 121 cm³/mol. The first-order valence-corrected chi connectivity index (χ1v) is 11.6. The molecule has 2 aliphatic carbocycles. The molecule has 5 atom stereocenters. The van der Waals surface area contributed by atoms with Crippen molar-refractivity contribution in [3.63, 3.8) is 0 Å². The molecule has 0 radical (unpaired) electrons. The van der Waals surface area contributed by atoms with E-state index in [0.717, 1.165) is 11.1 Å². The summed E-state index contributed by atoms with van der Waals surface area (Å²) in [5, 5.41) is 0. The van der Waals surface area contributed by atoms with Gasteiger partial charge >= 0.3 is 11.9 Å². The molecule has 0 N–H and O–H groups in total. The van der Waals surface area contributed by atoms with Crippen LogP contribution in [0.5, 0.6) is 0 Å². The van der Waals surface area contributed by atoms with Crippen LogP contribution in [0.3, 0.4) is 0 Å². The van der Waals surface area contributed by atoms with E-state index in [1.807, 2.05) is 26.8 Å². The predicted octanol–water partition coefficient (Wildman–Crippen LogP) is 4.81. The zero-order valence-corrected chi connectivity index (χ0v) is 20.2. The number of methoxy groups -OCH3 is 1. The first-order valence-electron chi connectivity index (χ1n) is 11.6. The fourth-order valence-corrected chi connectivity index (χ4v) is 7.23. The summed E-state index contributed by atoms with van der Waals surface area (Å²) in [5.74, 6) is -0.378. The highest BCUT2D eigenvalue weighted by Gasteiger charge is 2.74. The standard InChI is InChI=1S/C27H30O7/c1-15-27(9-8-25(4)18(27)12-22(30)34-23(25)16-7-10-32-14-16)26(5)17(11-21(29)31-6)24(2,3)19(28)13-20(26)33-15/h7,10,12-14,17,23H,1,8-9,11H2,2-6H3/t17-,23+,25-,26+,27-/m1/s1. The second-order valence-electron chi connectivity index (χ2n) is 10.9. The normalized spacial score (nSPS) is 38.0. The van der Waals surface area contributed by atoms with E-state index in [-0.39, 0.29) is 12.2 Å². The molecular formula is C27H30O7. The largest absolute Gasteiger partial charge is 0.472 e. The number of carbonyl (C=O) groups is 3. The van der Waals surface area contributed by atoms with E-state index >= 15 is 0 Å². The molecule has 1 saturated carbocycles. The molecule has 0 unspecified atom stereocenters. The SMILES string of the molecule is C=C1OC2=CC(=O)C(C)(C)[C@@H](CC(=O)OC)[C@]2(C)[C@]12CC[C@]1(C)C2=CC(=O)O[C@H]1c1ccoc1. The van der Waals surface area contributed by atoms with Gasteiger partial charge < -0.3 is 18.6 Å². The number of hydrogen-bond donors (Lipinski definition) is 0. The minimum absolute atomic E-state index is 0.0427. The quantitative estimate of drug-likeness (QED) is 0.590. The van der Waals surface area contributed by atoms with Gasteiger partial charge in [0.1, 0.15) is 17.6 Å². The Morgan fingerprint density at radius 3 is 2.56 bits per heavy atom. The average molecular weight is 467 g/mol. The number of hydrogen-bond acceptors (Lipinski definition) is 7. The van der Waals surface area contributed by atoms with E-state index in [0.29, 0.717) is 24.4 Å². The van der Waals surface area contributed by atoms with E-state index in [2.05, 4.69) is 13.5 Å². The summed E-state index contributed by atoms with van der Waals surface area (Å²) >= 11 is 0. The zero-order chi connectivity index (χ0) is 24.7. The van der Waals surface area contributed by atoms with Gasteiger partial charge in [0.15, 0.2) is 5.78 Å². The van der Waals surface area contributed by atoms with Crippen molar-refractivity contribution in [1.29, 1.82) is 0 Å². The van der Waals surface area contributed by atoms with Crippen molar-refractivity contribution in [1.82, 2.24) is 0 Å². The number of carbonyl (C=O) groups excluding carboxylic acids is 3. The highest BCUT2D eigenvalue weighted by Crippen LogP contribution is 2.77. The topological polar surface area (TPSA) is 92.0 Å². The van der Waals surface area contributed by atoms with E-state index in [4.69, 9.17) is 18.6 Å². The van der Waals surface area contributed by atoms with Crippen molar-refractivity contribution >= 4 is 17.7 Å². The molecule has 0 bridgehead atoms. The highest BCUT2D eigenvalue weighted by molar-refractivity contribution is 5.97. The molecule has 5 rings (SSSR count). The summed E-state index contributed by atoms with van der Waals surface area (Å²) in [6.45, 7) is 12.2. The van der Waals surface area contributed by atoms with Crippen LogP contribution in [0, 0.1) is 27.6 Å². The van der Waals surface area contributed by atoms with Crippen LogP contribution in [-0.2, 0) is 28.6 Å². The Morgan fingerprint density at radius 1 is 1.18 bits per heavy atom. The molecule has 180 valence electrons. The molecule has 1 spiro atoms. The van der Waals surface area contributed by atoms with Crippen LogP contribution in [0.4, 0.5) is 0 Å². The monoisotopic (exact) mass is 466 g/mol. The zero-order valence-electron chi connectivity index (χ0n) is 20.2. The number of fused-ring (bicyclic) bond motifs is 4. The van der Waals surface area contributed by atoms with Crippen LogP contribution in [0.25, 0.3) is 0 Å². The van der Waals surface area contributed by atoms with Crippen LogP contribution in [0.2, 0.25) is 0 Å². The van der Waals surface area contributed by atoms with Crippen molar-refractivity contribution in [3.05, 3.63) is 60.0 Å². The molecule has 4 aliphatic rings. The third kappa shape index (κ3) is 2.55. The minimum Gasteiger partial charge on any atom is -0.472 e. The van der Waals surface area contributed by atoms with Crippen molar-refractivity contribution in [2.75, 3.05) is 7.11 Å². The molecule has 2 aliphatic heterocycles. The molecule has 7 nitrogen and oxygen atoms in total. The number of esters is 2. The van der Waals surface area contributed by atoms with Crippen LogP contribution in [0.15, 0.2) is 58.8 Å². The molecule has 2 fully saturated rings. The van der Waals surface area contributed by atoms with Gasteiger partial charge in [-0.1, -0.05) is 34.3 Å². The van der Waals surface area contributed by atoms with Gasteiger partial charge in [-0.3, -0.25) is 9.59 Å². The number of furan rings is 1. The lowest BCUT2D eigenvalue weighted by Crippen LogP contribution is -2.54. The molecule has 1 saturated heterocycles. The van der Waals surface area contributed by atoms with Crippen LogP contribution in [0.1, 0.15) is 58.6 Å². The van der Waals surface area contributed by atoms with Crippen LogP contribution < -0.4 is 0 Å². The van der Waals surface area contributed by atoms with E-state index in [1.54, 1.807) is 24.7 Å². The van der Waals surface area contributed by atoms with Crippen LogP contribution >= 0.6 is 0 Å². The second-order valence-corrected chi connectivity index (χ2v) is 10.9. The van der Waals surface area contributed by atoms with Crippen molar-refractivity contribution in [3.8, 4) is 0 Å². The summed E-state index contributed by atoms with van der Waals surface area (Å²) in [6, 6.07) is 1.81. The fraction of sp³-hybridized carbons (Fsp3) is 0.519. The van der Waals surface area contributed by atoms with E-state index < -0.39 is 45.6 Å². The first kappa shape index (κ1) is 22.7. The van der Waals surface area contributed by atoms with Gasteiger partial charge in [0.25, 0.3) is 0 Å². The molecule has 34 heavy (non-hydrogen) atoms. The van der Waals surface area contributed by atoms with Crippen molar-refractivity contribution < 1.29 is 33.0 Å². The summed E-state index contributed by atoms with van der Waals surface area (Å²) in [7, 11) is 1.35. The number of rotatable bonds is 3. The molecule has 1 aromatic rings. The smallest absolute Gasteiger partial charge is 0.331 e. The van der Waals surface area contributed by atoms with Gasteiger partial charge in [0.2, 0.25) is 0 Å². The Hall–Kier alpha value is -3.09. The van der Waals surface area contributed by atoms with Crippen molar-refractivity contribution in [2.45, 2.75) is 53.1 Å². The first-order chi connectivity index (χ1) is 15.9. The molecule has 7 heteroatoms. The Kier molecular flexibility index (Phi) is 4.65.